The minimum atomic E-state index is -1.15. The van der Waals surface area contributed by atoms with Crippen LogP contribution in [0.2, 0.25) is 0 Å². The number of morpholine rings is 1. The zero-order chi connectivity index (χ0) is 17.6. The van der Waals surface area contributed by atoms with Crippen LogP contribution < -0.4 is 9.64 Å². The number of ketones is 1. The Hall–Kier alpha value is -2.81. The lowest BCUT2D eigenvalue weighted by Crippen LogP contribution is -2.37. The second-order valence-corrected chi connectivity index (χ2v) is 5.48. The van der Waals surface area contributed by atoms with E-state index in [1.165, 1.54) is 6.07 Å². The molecule has 132 valence electrons. The number of Topliss-reactive ketones (excluding diaryl/α,β-unsaturated/α-hetero) is 1. The molecule has 0 atom stereocenters. The normalized spacial score (nSPS) is 17.4. The van der Waals surface area contributed by atoms with Crippen LogP contribution in [-0.4, -0.2) is 65.4 Å². The molecule has 9 heteroatoms. The number of anilines is 1. The zero-order valence-electron chi connectivity index (χ0n) is 13.6. The van der Waals surface area contributed by atoms with Gasteiger partial charge in [-0.15, -0.1) is 0 Å². The van der Waals surface area contributed by atoms with Crippen LogP contribution in [-0.2, 0) is 9.53 Å². The quantitative estimate of drug-likeness (QED) is 0.801. The summed E-state index contributed by atoms with van der Waals surface area (Å²) < 4.78 is 10.8. The van der Waals surface area contributed by atoms with Crippen molar-refractivity contribution in [2.24, 2.45) is 4.99 Å². The van der Waals surface area contributed by atoms with Gasteiger partial charge in [0.05, 0.1) is 25.5 Å². The van der Waals surface area contributed by atoms with Gasteiger partial charge in [0.2, 0.25) is 11.8 Å². The number of aromatic carboxylic acids is 1. The van der Waals surface area contributed by atoms with Crippen molar-refractivity contribution in [1.82, 2.24) is 9.97 Å². The molecule has 0 aromatic carbocycles. The molecule has 3 rings (SSSR count). The van der Waals surface area contributed by atoms with Crippen LogP contribution in [0, 0.1) is 0 Å². The first-order valence-electron chi connectivity index (χ1n) is 7.96. The van der Waals surface area contributed by atoms with Crippen molar-refractivity contribution in [3.8, 4) is 5.88 Å². The van der Waals surface area contributed by atoms with Gasteiger partial charge in [-0.3, -0.25) is 9.79 Å². The van der Waals surface area contributed by atoms with Gasteiger partial charge in [-0.25, -0.2) is 9.78 Å². The van der Waals surface area contributed by atoms with Gasteiger partial charge in [-0.2, -0.15) is 4.98 Å². The molecule has 0 unspecified atom stereocenters. The lowest BCUT2D eigenvalue weighted by molar-refractivity contribution is -0.112. The number of carbonyl (C=O) groups excluding carboxylic acids is 1. The number of allylic oxidation sites excluding steroid dienone is 1. The SMILES string of the molecule is O=C1CC=CN=C1CCOc1cc(C(=O)O)nc(N2CCOCC2)n1. The minimum absolute atomic E-state index is 0.0333. The van der Waals surface area contributed by atoms with Gasteiger partial charge in [0.1, 0.15) is 0 Å². The molecule has 0 bridgehead atoms. The number of aromatic nitrogens is 2. The number of carbonyl (C=O) groups is 2. The smallest absolute Gasteiger partial charge is 0.354 e. The maximum atomic E-state index is 11.7. The molecule has 1 fully saturated rings. The van der Waals surface area contributed by atoms with Crippen LogP contribution >= 0.6 is 0 Å². The largest absolute Gasteiger partial charge is 0.477 e. The Morgan fingerprint density at radius 3 is 2.84 bits per heavy atom. The molecule has 3 heterocycles. The standard InChI is InChI=1S/C16H18N4O5/c21-13-2-1-4-17-11(13)3-7-25-14-10-12(15(22)23)18-16(19-14)20-5-8-24-9-6-20/h1,4,10H,2-3,5-9H2,(H,22,23). The van der Waals surface area contributed by atoms with Crippen LogP contribution in [0.5, 0.6) is 5.88 Å². The summed E-state index contributed by atoms with van der Waals surface area (Å²) in [6.45, 7) is 2.41. The molecule has 0 amide bonds. The number of aliphatic imine (C=N–C) groups is 1. The molecule has 1 saturated heterocycles. The molecular formula is C16H18N4O5. The van der Waals surface area contributed by atoms with E-state index in [4.69, 9.17) is 9.47 Å². The molecule has 9 nitrogen and oxygen atoms in total. The third-order valence-electron chi connectivity index (χ3n) is 3.75. The number of rotatable bonds is 6. The lowest BCUT2D eigenvalue weighted by Gasteiger charge is -2.27. The number of ether oxygens (including phenoxy) is 2. The van der Waals surface area contributed by atoms with Gasteiger partial charge < -0.3 is 19.5 Å². The maximum absolute atomic E-state index is 11.7. The Morgan fingerprint density at radius 2 is 2.12 bits per heavy atom. The summed E-state index contributed by atoms with van der Waals surface area (Å²) in [5.41, 5.74) is 0.309. The van der Waals surface area contributed by atoms with Gasteiger partial charge in [-0.05, 0) is 0 Å². The minimum Gasteiger partial charge on any atom is -0.477 e. The fraction of sp³-hybridized carbons (Fsp3) is 0.438. The Balaban J connectivity index is 1.70. The molecule has 0 radical (unpaired) electrons. The van der Waals surface area contributed by atoms with Gasteiger partial charge in [0.25, 0.3) is 0 Å². The van der Waals surface area contributed by atoms with Crippen molar-refractivity contribution in [3.05, 3.63) is 24.0 Å². The second-order valence-electron chi connectivity index (χ2n) is 5.48. The van der Waals surface area contributed by atoms with Gasteiger partial charge >= 0.3 is 5.97 Å². The summed E-state index contributed by atoms with van der Waals surface area (Å²) in [5, 5.41) is 9.24. The van der Waals surface area contributed by atoms with Crippen molar-refractivity contribution < 1.29 is 24.2 Å². The van der Waals surface area contributed by atoms with Gasteiger partial charge in [-0.1, -0.05) is 6.08 Å². The molecule has 1 aromatic heterocycles. The predicted molar refractivity (Wildman–Crippen MR) is 88.3 cm³/mol. The average Bonchev–Trinajstić information content (AvgIpc) is 2.64. The van der Waals surface area contributed by atoms with Crippen molar-refractivity contribution in [2.75, 3.05) is 37.8 Å². The highest BCUT2D eigenvalue weighted by Crippen LogP contribution is 2.17. The predicted octanol–water partition coefficient (Wildman–Crippen LogP) is 0.708. The van der Waals surface area contributed by atoms with Crippen LogP contribution in [0.1, 0.15) is 23.3 Å². The Bertz CT molecular complexity index is 725. The molecule has 2 aliphatic rings. The molecule has 1 N–H and O–H groups in total. The Labute approximate surface area is 144 Å². The van der Waals surface area contributed by atoms with Crippen molar-refractivity contribution in [1.29, 1.82) is 0 Å². The molecule has 0 aliphatic carbocycles. The van der Waals surface area contributed by atoms with E-state index in [0.29, 0.717) is 50.8 Å². The summed E-state index contributed by atoms with van der Waals surface area (Å²) in [5.74, 6) is -0.728. The summed E-state index contributed by atoms with van der Waals surface area (Å²) in [6.07, 6.45) is 3.98. The monoisotopic (exact) mass is 346 g/mol. The number of hydrogen-bond donors (Lipinski definition) is 1. The molecule has 0 spiro atoms. The van der Waals surface area contributed by atoms with E-state index in [2.05, 4.69) is 15.0 Å². The zero-order valence-corrected chi connectivity index (χ0v) is 13.6. The van der Waals surface area contributed by atoms with Crippen molar-refractivity contribution in [2.45, 2.75) is 12.8 Å². The molecule has 0 saturated carbocycles. The molecule has 2 aliphatic heterocycles. The first-order valence-corrected chi connectivity index (χ1v) is 7.96. The van der Waals surface area contributed by atoms with E-state index in [1.54, 1.807) is 12.3 Å². The lowest BCUT2D eigenvalue weighted by atomic mass is 10.1. The van der Waals surface area contributed by atoms with E-state index >= 15 is 0 Å². The van der Waals surface area contributed by atoms with E-state index < -0.39 is 5.97 Å². The summed E-state index contributed by atoms with van der Waals surface area (Å²) in [6, 6.07) is 1.27. The van der Waals surface area contributed by atoms with Crippen LogP contribution in [0.3, 0.4) is 0 Å². The Morgan fingerprint density at radius 1 is 1.32 bits per heavy atom. The van der Waals surface area contributed by atoms with E-state index in [1.807, 2.05) is 4.90 Å². The van der Waals surface area contributed by atoms with E-state index in [-0.39, 0.29) is 24.0 Å². The van der Waals surface area contributed by atoms with Crippen LogP contribution in [0.4, 0.5) is 5.95 Å². The summed E-state index contributed by atoms with van der Waals surface area (Å²) in [7, 11) is 0. The average molecular weight is 346 g/mol. The number of hydrogen-bond acceptors (Lipinski definition) is 8. The summed E-state index contributed by atoms with van der Waals surface area (Å²) >= 11 is 0. The van der Waals surface area contributed by atoms with Crippen LogP contribution in [0.25, 0.3) is 0 Å². The van der Waals surface area contributed by atoms with Crippen LogP contribution in [0.15, 0.2) is 23.3 Å². The highest BCUT2D eigenvalue weighted by molar-refractivity contribution is 6.40. The first-order chi connectivity index (χ1) is 12.1. The highest BCUT2D eigenvalue weighted by atomic mass is 16.5. The first kappa shape index (κ1) is 17.0. The van der Waals surface area contributed by atoms with Gasteiger partial charge in [0, 0.05) is 38.2 Å². The van der Waals surface area contributed by atoms with E-state index in [0.717, 1.165) is 0 Å². The maximum Gasteiger partial charge on any atom is 0.354 e. The highest BCUT2D eigenvalue weighted by Gasteiger charge is 2.19. The molecule has 1 aromatic rings. The van der Waals surface area contributed by atoms with E-state index in [9.17, 15) is 14.7 Å². The topological polar surface area (TPSA) is 114 Å². The van der Waals surface area contributed by atoms with Gasteiger partial charge in [0.15, 0.2) is 11.5 Å². The fourth-order valence-electron chi connectivity index (χ4n) is 2.45. The second kappa shape index (κ2) is 7.84. The molecule has 25 heavy (non-hydrogen) atoms. The Kier molecular flexibility index (Phi) is 5.34. The molecular weight excluding hydrogens is 328 g/mol. The fourth-order valence-corrected chi connectivity index (χ4v) is 2.45. The number of carboxylic acids is 1. The number of carboxylic acid groups (broad SMARTS) is 1. The van der Waals surface area contributed by atoms with Crippen molar-refractivity contribution >= 4 is 23.4 Å². The van der Waals surface area contributed by atoms with Crippen molar-refractivity contribution in [3.63, 3.8) is 0 Å². The number of nitrogens with zero attached hydrogens (tertiary/aromatic N) is 4. The third-order valence-corrected chi connectivity index (χ3v) is 3.75. The third kappa shape index (κ3) is 4.38. The summed E-state index contributed by atoms with van der Waals surface area (Å²) in [4.78, 5) is 37.2.